The lowest BCUT2D eigenvalue weighted by Crippen LogP contribution is -2.66. The second kappa shape index (κ2) is 10.5. The molecule has 9 heteroatoms. The van der Waals surface area contributed by atoms with E-state index in [0.29, 0.717) is 5.02 Å². The van der Waals surface area contributed by atoms with Crippen molar-refractivity contribution in [1.29, 1.82) is 0 Å². The lowest BCUT2D eigenvalue weighted by molar-refractivity contribution is -0.134. The summed E-state index contributed by atoms with van der Waals surface area (Å²) in [7, 11) is 0. The van der Waals surface area contributed by atoms with Crippen LogP contribution in [0.4, 0.5) is 8.78 Å². The fourth-order valence-electron chi connectivity index (χ4n) is 2.79. The fourth-order valence-corrected chi connectivity index (χ4v) is 2.91. The number of carbonyl (C=O) groups excluding carboxylic acids is 2. The minimum absolute atomic E-state index is 0.0341. The Labute approximate surface area is 184 Å². The third-order valence-electron chi connectivity index (χ3n) is 4.89. The summed E-state index contributed by atoms with van der Waals surface area (Å²) in [6, 6.07) is 12.0. The topological polar surface area (TPSA) is 104 Å². The van der Waals surface area contributed by atoms with Crippen LogP contribution in [0.5, 0.6) is 0 Å². The zero-order valence-electron chi connectivity index (χ0n) is 17.0. The van der Waals surface area contributed by atoms with Gasteiger partial charge in [-0.2, -0.15) is 0 Å². The zero-order chi connectivity index (χ0) is 23.2. The maximum atomic E-state index is 13.2. The second-order valence-corrected chi connectivity index (χ2v) is 7.81. The predicted molar refractivity (Wildman–Crippen MR) is 115 cm³/mol. The molecule has 2 aromatic carbocycles. The smallest absolute Gasteiger partial charge is 0.268 e. The molecule has 2 aromatic rings. The van der Waals surface area contributed by atoms with Gasteiger partial charge in [0.1, 0.15) is 11.6 Å². The van der Waals surface area contributed by atoms with Crippen molar-refractivity contribution in [3.63, 3.8) is 0 Å². The van der Waals surface area contributed by atoms with Crippen LogP contribution in [0.15, 0.2) is 54.6 Å². The largest absolute Gasteiger partial charge is 0.338 e. The Balaban J connectivity index is 2.11. The van der Waals surface area contributed by atoms with Gasteiger partial charge in [-0.15, -0.1) is 0 Å². The van der Waals surface area contributed by atoms with E-state index >= 15 is 0 Å². The van der Waals surface area contributed by atoms with Crippen LogP contribution in [0.3, 0.4) is 0 Å². The number of benzene rings is 2. The predicted octanol–water partition coefficient (Wildman–Crippen LogP) is 3.74. The number of nitrogens with one attached hydrogen (secondary N) is 2. The number of rotatable bonds is 8. The molecule has 2 amide bonds. The summed E-state index contributed by atoms with van der Waals surface area (Å²) in [5.74, 6) is -1.98. The minimum atomic E-state index is -3.12. The quantitative estimate of drug-likeness (QED) is 0.362. The number of amides is 2. The average molecular weight is 452 g/mol. The molecule has 5 N–H and O–H groups in total. The minimum Gasteiger partial charge on any atom is -0.338 e. The summed E-state index contributed by atoms with van der Waals surface area (Å²) in [6.07, 6.45) is 0.819. The van der Waals surface area contributed by atoms with E-state index in [2.05, 4.69) is 5.32 Å². The van der Waals surface area contributed by atoms with Crippen molar-refractivity contribution in [2.24, 2.45) is 5.73 Å². The summed E-state index contributed by atoms with van der Waals surface area (Å²) in [5.41, 5.74) is 6.44. The molecule has 3 atom stereocenters. The average Bonchev–Trinajstić information content (AvgIpc) is 2.76. The van der Waals surface area contributed by atoms with E-state index in [-0.39, 0.29) is 11.5 Å². The number of hydrogen-bond acceptors (Lipinski definition) is 4. The Morgan fingerprint density at radius 1 is 1.13 bits per heavy atom. The first-order chi connectivity index (χ1) is 14.6. The highest BCUT2D eigenvalue weighted by Crippen LogP contribution is 2.21. The zero-order valence-corrected chi connectivity index (χ0v) is 17.7. The summed E-state index contributed by atoms with van der Waals surface area (Å²) in [5, 5.41) is 11.6. The number of hydrogen-bond donors (Lipinski definition) is 4. The van der Waals surface area contributed by atoms with Crippen molar-refractivity contribution in [3.8, 4) is 0 Å². The standard InChI is InChI=1S/C22H24ClF2N3O3/c1-13(3-4-14-5-11-17(23)12-6-14)15-7-9-16(10-8-15)19(29)27-18(20(30)28-31)22(2,26)21(24)25/h3-13,18,21,31H,26H2,1-2H3,(H,27,29)(H,28,30)/t13?,18-,22?/m1/s1. The lowest BCUT2D eigenvalue weighted by atomic mass is 9.92. The first-order valence-corrected chi connectivity index (χ1v) is 9.79. The van der Waals surface area contributed by atoms with E-state index in [1.54, 1.807) is 24.3 Å². The summed E-state index contributed by atoms with van der Waals surface area (Å²) in [4.78, 5) is 24.2. The third-order valence-corrected chi connectivity index (χ3v) is 5.14. The molecule has 2 unspecified atom stereocenters. The van der Waals surface area contributed by atoms with Crippen LogP contribution in [-0.4, -0.2) is 35.0 Å². The highest BCUT2D eigenvalue weighted by Gasteiger charge is 2.44. The molecule has 0 aliphatic rings. The van der Waals surface area contributed by atoms with E-state index in [4.69, 9.17) is 22.5 Å². The van der Waals surface area contributed by atoms with Gasteiger partial charge in [-0.1, -0.05) is 54.9 Å². The molecule has 0 fully saturated rings. The number of allylic oxidation sites excluding steroid dienone is 1. The van der Waals surface area contributed by atoms with E-state index in [9.17, 15) is 18.4 Å². The van der Waals surface area contributed by atoms with Crippen LogP contribution in [0.25, 0.3) is 6.08 Å². The molecule has 0 aliphatic heterocycles. The molecular weight excluding hydrogens is 428 g/mol. The fraction of sp³-hybridized carbons (Fsp3) is 0.273. The van der Waals surface area contributed by atoms with Gasteiger partial charge in [-0.25, -0.2) is 14.3 Å². The molecule has 0 bridgehead atoms. The lowest BCUT2D eigenvalue weighted by Gasteiger charge is -2.32. The molecule has 0 saturated carbocycles. The van der Waals surface area contributed by atoms with E-state index in [1.165, 1.54) is 17.6 Å². The molecule has 166 valence electrons. The van der Waals surface area contributed by atoms with Crippen LogP contribution in [0, 0.1) is 0 Å². The first-order valence-electron chi connectivity index (χ1n) is 9.41. The first kappa shape index (κ1) is 24.5. The Morgan fingerprint density at radius 2 is 1.71 bits per heavy atom. The Bertz CT molecular complexity index is 932. The Hall–Kier alpha value is -2.81. The number of hydroxylamine groups is 1. The van der Waals surface area contributed by atoms with E-state index in [1.807, 2.05) is 31.2 Å². The van der Waals surface area contributed by atoms with Crippen LogP contribution in [0.2, 0.25) is 5.02 Å². The van der Waals surface area contributed by atoms with Gasteiger partial charge in [0.15, 0.2) is 0 Å². The van der Waals surface area contributed by atoms with Gasteiger partial charge in [0.2, 0.25) is 0 Å². The summed E-state index contributed by atoms with van der Waals surface area (Å²) in [6.45, 7) is 2.89. The van der Waals surface area contributed by atoms with E-state index in [0.717, 1.165) is 18.1 Å². The van der Waals surface area contributed by atoms with Crippen molar-refractivity contribution in [1.82, 2.24) is 10.8 Å². The van der Waals surface area contributed by atoms with Crippen LogP contribution in [0.1, 0.15) is 41.3 Å². The highest BCUT2D eigenvalue weighted by molar-refractivity contribution is 6.30. The number of halogens is 3. The monoisotopic (exact) mass is 451 g/mol. The van der Waals surface area contributed by atoms with Gasteiger partial charge in [0.25, 0.3) is 18.2 Å². The van der Waals surface area contributed by atoms with Crippen LogP contribution >= 0.6 is 11.6 Å². The van der Waals surface area contributed by atoms with Crippen molar-refractivity contribution in [3.05, 3.63) is 76.3 Å². The maximum absolute atomic E-state index is 13.2. The Morgan fingerprint density at radius 3 is 2.23 bits per heavy atom. The normalized spacial score (nSPS) is 15.4. The maximum Gasteiger partial charge on any atom is 0.268 e. The molecule has 0 radical (unpaired) electrons. The molecule has 0 aromatic heterocycles. The SMILES string of the molecule is CC(C=Cc1ccc(Cl)cc1)c1ccc(C(=O)N[C@H](C(=O)NO)C(C)(N)C(F)F)cc1. The highest BCUT2D eigenvalue weighted by atomic mass is 35.5. The molecule has 2 rings (SSSR count). The molecule has 0 spiro atoms. The van der Waals surface area contributed by atoms with Gasteiger partial charge >= 0.3 is 0 Å². The second-order valence-electron chi connectivity index (χ2n) is 7.37. The van der Waals surface area contributed by atoms with Gasteiger partial charge in [0.05, 0.1) is 0 Å². The number of nitrogens with two attached hydrogens (primary N) is 1. The van der Waals surface area contributed by atoms with Gasteiger partial charge in [-0.3, -0.25) is 14.8 Å². The third kappa shape index (κ3) is 6.33. The van der Waals surface area contributed by atoms with Gasteiger partial charge in [0, 0.05) is 10.6 Å². The molecule has 0 heterocycles. The van der Waals surface area contributed by atoms with E-state index < -0.39 is 29.8 Å². The summed E-state index contributed by atoms with van der Waals surface area (Å²) < 4.78 is 26.4. The van der Waals surface area contributed by atoms with Gasteiger partial charge < -0.3 is 11.1 Å². The summed E-state index contributed by atoms with van der Waals surface area (Å²) >= 11 is 5.87. The molecular formula is C22H24ClF2N3O3. The van der Waals surface area contributed by atoms with Crippen molar-refractivity contribution in [2.45, 2.75) is 37.8 Å². The number of alkyl halides is 2. The molecule has 6 nitrogen and oxygen atoms in total. The molecule has 0 saturated heterocycles. The Kier molecular flexibility index (Phi) is 8.27. The number of carbonyl (C=O) groups is 2. The van der Waals surface area contributed by atoms with Crippen molar-refractivity contribution >= 4 is 29.5 Å². The van der Waals surface area contributed by atoms with Crippen molar-refractivity contribution < 1.29 is 23.6 Å². The molecule has 31 heavy (non-hydrogen) atoms. The van der Waals surface area contributed by atoms with Crippen LogP contribution in [-0.2, 0) is 4.79 Å². The van der Waals surface area contributed by atoms with Gasteiger partial charge in [-0.05, 0) is 48.2 Å². The van der Waals surface area contributed by atoms with Crippen LogP contribution < -0.4 is 16.5 Å². The molecule has 0 aliphatic carbocycles. The van der Waals surface area contributed by atoms with Crippen molar-refractivity contribution in [2.75, 3.05) is 0 Å².